The highest BCUT2D eigenvalue weighted by molar-refractivity contribution is 7.91. The van der Waals surface area contributed by atoms with Gasteiger partial charge in [-0.2, -0.15) is 0 Å². The zero-order valence-electron chi connectivity index (χ0n) is 11.4. The molecule has 0 saturated heterocycles. The predicted octanol–water partition coefficient (Wildman–Crippen LogP) is 1.51. The van der Waals surface area contributed by atoms with Gasteiger partial charge in [0.15, 0.2) is 0 Å². The van der Waals surface area contributed by atoms with Gasteiger partial charge in [-0.3, -0.25) is 4.79 Å². The van der Waals surface area contributed by atoms with Gasteiger partial charge in [0.05, 0.1) is 10.9 Å². The first-order valence-electron chi connectivity index (χ1n) is 6.57. The minimum Gasteiger partial charge on any atom is -0.310 e. The maximum absolute atomic E-state index is 12.0. The molecule has 6 nitrogen and oxygen atoms in total. The number of nitrogens with one attached hydrogen (secondary N) is 2. The number of hydrogen-bond donors (Lipinski definition) is 2. The maximum atomic E-state index is 12.0. The highest BCUT2D eigenvalue weighted by atomic mass is 32.2. The van der Waals surface area contributed by atoms with Crippen LogP contribution in [0.15, 0.2) is 50.8 Å². The molecule has 0 atom stereocenters. The lowest BCUT2D eigenvalue weighted by Gasteiger charge is -2.05. The molecule has 0 fully saturated rings. The fourth-order valence-corrected chi connectivity index (χ4v) is 4.11. The van der Waals surface area contributed by atoms with Crippen molar-refractivity contribution in [2.75, 3.05) is 6.54 Å². The van der Waals surface area contributed by atoms with E-state index in [1.165, 1.54) is 0 Å². The molecule has 3 rings (SSSR count). The number of benzene rings is 1. The van der Waals surface area contributed by atoms with E-state index in [1.54, 1.807) is 41.8 Å². The van der Waals surface area contributed by atoms with Gasteiger partial charge in [0, 0.05) is 13.0 Å². The summed E-state index contributed by atoms with van der Waals surface area (Å²) in [4.78, 5) is 18.9. The largest absolute Gasteiger partial charge is 0.310 e. The molecule has 0 amide bonds. The van der Waals surface area contributed by atoms with E-state index in [4.69, 9.17) is 0 Å². The third-order valence-corrected chi connectivity index (χ3v) is 5.93. The number of thiophene rings is 1. The van der Waals surface area contributed by atoms with E-state index in [2.05, 4.69) is 14.7 Å². The Morgan fingerprint density at radius 2 is 2.00 bits per heavy atom. The smallest absolute Gasteiger partial charge is 0.258 e. The SMILES string of the molecule is O=c1[nH]c(CCNS(=O)(=O)c2cccs2)nc2ccccc12. The van der Waals surface area contributed by atoms with Crippen LogP contribution < -0.4 is 10.3 Å². The Morgan fingerprint density at radius 3 is 2.77 bits per heavy atom. The first-order chi connectivity index (χ1) is 10.6. The topological polar surface area (TPSA) is 91.9 Å². The quantitative estimate of drug-likeness (QED) is 0.739. The van der Waals surface area contributed by atoms with Crippen molar-refractivity contribution in [3.8, 4) is 0 Å². The van der Waals surface area contributed by atoms with E-state index in [0.717, 1.165) is 11.3 Å². The lowest BCUT2D eigenvalue weighted by Crippen LogP contribution is -2.26. The minimum atomic E-state index is -3.49. The Balaban J connectivity index is 1.74. The van der Waals surface area contributed by atoms with Crippen molar-refractivity contribution in [2.24, 2.45) is 0 Å². The molecule has 0 saturated carbocycles. The highest BCUT2D eigenvalue weighted by Gasteiger charge is 2.14. The van der Waals surface area contributed by atoms with Crippen molar-refractivity contribution in [1.82, 2.24) is 14.7 Å². The molecule has 22 heavy (non-hydrogen) atoms. The fourth-order valence-electron chi connectivity index (χ4n) is 2.04. The molecule has 3 aromatic rings. The van der Waals surface area contributed by atoms with Gasteiger partial charge in [0.25, 0.3) is 5.56 Å². The van der Waals surface area contributed by atoms with Crippen molar-refractivity contribution < 1.29 is 8.42 Å². The summed E-state index contributed by atoms with van der Waals surface area (Å²) in [5.74, 6) is 0.456. The van der Waals surface area contributed by atoms with E-state index in [1.807, 2.05) is 0 Å². The van der Waals surface area contributed by atoms with Crippen LogP contribution in [-0.2, 0) is 16.4 Å². The summed E-state index contributed by atoms with van der Waals surface area (Å²) in [6, 6.07) is 10.3. The number of aromatic nitrogens is 2. The molecule has 2 aromatic heterocycles. The molecular weight excluding hydrogens is 322 g/mol. The molecule has 0 bridgehead atoms. The summed E-state index contributed by atoms with van der Waals surface area (Å²) < 4.78 is 26.7. The van der Waals surface area contributed by atoms with Gasteiger partial charge in [-0.1, -0.05) is 18.2 Å². The summed E-state index contributed by atoms with van der Waals surface area (Å²) >= 11 is 1.16. The van der Waals surface area contributed by atoms with Crippen molar-refractivity contribution in [3.63, 3.8) is 0 Å². The van der Waals surface area contributed by atoms with Crippen LogP contribution in [0.5, 0.6) is 0 Å². The van der Waals surface area contributed by atoms with Crippen LogP contribution in [-0.4, -0.2) is 24.9 Å². The number of sulfonamides is 1. The zero-order chi connectivity index (χ0) is 15.6. The van der Waals surface area contributed by atoms with E-state index < -0.39 is 10.0 Å². The van der Waals surface area contributed by atoms with Crippen LogP contribution in [0, 0.1) is 0 Å². The Labute approximate surface area is 130 Å². The normalized spacial score (nSPS) is 11.8. The van der Waals surface area contributed by atoms with Crippen molar-refractivity contribution in [1.29, 1.82) is 0 Å². The number of hydrogen-bond acceptors (Lipinski definition) is 5. The van der Waals surface area contributed by atoms with E-state index >= 15 is 0 Å². The average Bonchev–Trinajstić information content (AvgIpc) is 3.02. The third kappa shape index (κ3) is 3.08. The molecule has 0 aliphatic carbocycles. The molecule has 0 aliphatic rings. The maximum Gasteiger partial charge on any atom is 0.258 e. The van der Waals surface area contributed by atoms with Gasteiger partial charge >= 0.3 is 0 Å². The predicted molar refractivity (Wildman–Crippen MR) is 85.6 cm³/mol. The van der Waals surface area contributed by atoms with E-state index in [-0.39, 0.29) is 16.3 Å². The summed E-state index contributed by atoms with van der Waals surface area (Å²) in [5.41, 5.74) is 0.379. The lowest BCUT2D eigenvalue weighted by molar-refractivity contribution is 0.583. The van der Waals surface area contributed by atoms with Crippen LogP contribution in [0.4, 0.5) is 0 Å². The van der Waals surface area contributed by atoms with Crippen LogP contribution in [0.3, 0.4) is 0 Å². The van der Waals surface area contributed by atoms with Crippen LogP contribution in [0.1, 0.15) is 5.82 Å². The summed E-state index contributed by atoms with van der Waals surface area (Å²) in [6.07, 6.45) is 0.310. The molecule has 2 heterocycles. The summed E-state index contributed by atoms with van der Waals surface area (Å²) in [7, 11) is -3.49. The molecule has 0 spiro atoms. The summed E-state index contributed by atoms with van der Waals surface area (Å²) in [5, 5.41) is 2.22. The number of aromatic amines is 1. The standard InChI is InChI=1S/C14H13N3O3S2/c18-14-10-4-1-2-5-11(10)16-12(17-14)7-8-15-22(19,20)13-6-3-9-21-13/h1-6,9,15H,7-8H2,(H,16,17,18). The zero-order valence-corrected chi connectivity index (χ0v) is 13.1. The lowest BCUT2D eigenvalue weighted by atomic mass is 10.2. The monoisotopic (exact) mass is 335 g/mol. The van der Waals surface area contributed by atoms with Crippen LogP contribution in [0.25, 0.3) is 10.9 Å². The second kappa shape index (κ2) is 5.99. The first-order valence-corrected chi connectivity index (χ1v) is 8.94. The van der Waals surface area contributed by atoms with Gasteiger partial charge in [0.1, 0.15) is 10.0 Å². The summed E-state index contributed by atoms with van der Waals surface area (Å²) in [6.45, 7) is 0.168. The van der Waals surface area contributed by atoms with E-state index in [0.29, 0.717) is 23.1 Å². The van der Waals surface area contributed by atoms with Gasteiger partial charge in [-0.05, 0) is 23.6 Å². The van der Waals surface area contributed by atoms with Gasteiger partial charge in [-0.15, -0.1) is 11.3 Å². The number of H-pyrrole nitrogens is 1. The van der Waals surface area contributed by atoms with Crippen molar-refractivity contribution in [3.05, 3.63) is 58.0 Å². The number of fused-ring (bicyclic) bond motifs is 1. The van der Waals surface area contributed by atoms with Gasteiger partial charge < -0.3 is 4.98 Å². The van der Waals surface area contributed by atoms with Crippen LogP contribution >= 0.6 is 11.3 Å². The van der Waals surface area contributed by atoms with Gasteiger partial charge in [-0.25, -0.2) is 18.1 Å². The molecular formula is C14H13N3O3S2. The van der Waals surface area contributed by atoms with Crippen molar-refractivity contribution >= 4 is 32.3 Å². The number of nitrogens with zero attached hydrogens (tertiary/aromatic N) is 1. The molecule has 1 aromatic carbocycles. The Morgan fingerprint density at radius 1 is 1.18 bits per heavy atom. The Kier molecular flexibility index (Phi) is 4.06. The second-order valence-corrected chi connectivity index (χ2v) is 7.55. The molecule has 2 N–H and O–H groups in total. The molecule has 0 radical (unpaired) electrons. The third-order valence-electron chi connectivity index (χ3n) is 3.08. The highest BCUT2D eigenvalue weighted by Crippen LogP contribution is 2.15. The van der Waals surface area contributed by atoms with E-state index in [9.17, 15) is 13.2 Å². The fraction of sp³-hybridized carbons (Fsp3) is 0.143. The first kappa shape index (κ1) is 14.9. The second-order valence-electron chi connectivity index (χ2n) is 4.61. The Bertz CT molecular complexity index is 947. The number of rotatable bonds is 5. The number of para-hydroxylation sites is 1. The molecule has 8 heteroatoms. The minimum absolute atomic E-state index is 0.168. The molecule has 0 aliphatic heterocycles. The Hall–Kier alpha value is -2.03. The van der Waals surface area contributed by atoms with Crippen LogP contribution in [0.2, 0.25) is 0 Å². The average molecular weight is 335 g/mol. The molecule has 0 unspecified atom stereocenters. The molecule has 114 valence electrons. The van der Waals surface area contributed by atoms with Crippen molar-refractivity contribution in [2.45, 2.75) is 10.6 Å². The van der Waals surface area contributed by atoms with Gasteiger partial charge in [0.2, 0.25) is 10.0 Å².